The van der Waals surface area contributed by atoms with E-state index in [4.69, 9.17) is 4.74 Å². The molecule has 2 aliphatic rings. The molecule has 4 rings (SSSR count). The van der Waals surface area contributed by atoms with Gasteiger partial charge in [-0.05, 0) is 48.1 Å². The number of Topliss-reactive ketones (excluding diaryl/α,β-unsaturated/α-hetero) is 1. The van der Waals surface area contributed by atoms with Crippen molar-refractivity contribution in [2.45, 2.75) is 51.3 Å². The van der Waals surface area contributed by atoms with E-state index in [1.54, 1.807) is 11.0 Å². The number of carbonyl (C=O) groups excluding carboxylic acids is 3. The molecule has 2 saturated heterocycles. The van der Waals surface area contributed by atoms with Crippen LogP contribution in [-0.2, 0) is 14.3 Å². The average molecular weight is 477 g/mol. The lowest BCUT2D eigenvalue weighted by molar-refractivity contribution is -0.142. The maximum Gasteiger partial charge on any atom is 0.251 e. The molecule has 32 heavy (non-hydrogen) atoms. The molecule has 0 aromatic heterocycles. The highest BCUT2D eigenvalue weighted by Crippen LogP contribution is 2.27. The van der Waals surface area contributed by atoms with Crippen LogP contribution in [0.3, 0.4) is 0 Å². The van der Waals surface area contributed by atoms with E-state index >= 15 is 0 Å². The summed E-state index contributed by atoms with van der Waals surface area (Å²) in [4.78, 5) is 40.4. The summed E-state index contributed by atoms with van der Waals surface area (Å²) in [5.74, 6) is -0.294. The zero-order chi connectivity index (χ0) is 21.3. The first-order valence-electron chi connectivity index (χ1n) is 10.7. The summed E-state index contributed by atoms with van der Waals surface area (Å²) in [6.45, 7) is 4.63. The van der Waals surface area contributed by atoms with Crippen molar-refractivity contribution >= 4 is 55.4 Å². The van der Waals surface area contributed by atoms with E-state index in [0.29, 0.717) is 18.5 Å². The van der Waals surface area contributed by atoms with Gasteiger partial charge < -0.3 is 15.0 Å². The Labute approximate surface area is 203 Å². The lowest BCUT2D eigenvalue weighted by Gasteiger charge is -2.37. The molecule has 1 N–H and O–H groups in total. The summed E-state index contributed by atoms with van der Waals surface area (Å²) in [6, 6.07) is 12.2. The van der Waals surface area contributed by atoms with Crippen molar-refractivity contribution in [3.63, 3.8) is 0 Å². The van der Waals surface area contributed by atoms with E-state index in [-0.39, 0.29) is 63.2 Å². The minimum Gasteiger partial charge on any atom is -0.368 e. The maximum atomic E-state index is 13.4. The Morgan fingerprint density at radius 1 is 1.12 bits per heavy atom. The Hall–Kier alpha value is -2.03. The summed E-state index contributed by atoms with van der Waals surface area (Å²) < 4.78 is 5.57. The van der Waals surface area contributed by atoms with Gasteiger partial charge in [0.15, 0.2) is 5.78 Å². The largest absolute Gasteiger partial charge is 0.368 e. The normalized spacial score (nSPS) is 20.8. The number of nitrogens with zero attached hydrogens (tertiary/aromatic N) is 1. The fourth-order valence-electron chi connectivity index (χ4n) is 4.50. The Morgan fingerprint density at radius 3 is 2.56 bits per heavy atom. The zero-order valence-electron chi connectivity index (χ0n) is 18.5. The van der Waals surface area contributed by atoms with Crippen molar-refractivity contribution in [3.05, 3.63) is 48.0 Å². The first-order chi connectivity index (χ1) is 14.4. The smallest absolute Gasteiger partial charge is 0.251 e. The van der Waals surface area contributed by atoms with Crippen LogP contribution in [0.2, 0.25) is 0 Å². The van der Waals surface area contributed by atoms with Crippen molar-refractivity contribution in [1.29, 1.82) is 0 Å². The highest BCUT2D eigenvalue weighted by molar-refractivity contribution is 7.59. The van der Waals surface area contributed by atoms with Gasteiger partial charge in [0.25, 0.3) is 5.91 Å². The van der Waals surface area contributed by atoms with Crippen LogP contribution < -0.4 is 5.32 Å². The van der Waals surface area contributed by atoms with Gasteiger partial charge in [-0.15, -0.1) is 0 Å². The highest BCUT2D eigenvalue weighted by atomic mass is 32.1. The highest BCUT2D eigenvalue weighted by Gasteiger charge is 2.45. The number of ketones is 1. The fraction of sp³-hybridized carbons (Fsp3) is 0.458. The minimum atomic E-state index is -0.670. The van der Waals surface area contributed by atoms with Crippen LogP contribution in [0.1, 0.15) is 43.5 Å². The molecule has 174 valence electrons. The van der Waals surface area contributed by atoms with Crippen LogP contribution in [0.5, 0.6) is 0 Å². The van der Waals surface area contributed by atoms with Gasteiger partial charge >= 0.3 is 0 Å². The number of fused-ring (bicyclic) bond motifs is 2. The molecule has 2 aliphatic heterocycles. The number of piperidine rings is 1. The second-order valence-electron chi connectivity index (χ2n) is 8.65. The van der Waals surface area contributed by atoms with Crippen molar-refractivity contribution < 1.29 is 19.1 Å². The zero-order valence-corrected chi connectivity index (χ0v) is 20.5. The Balaban J connectivity index is 0.00000181. The molecule has 0 radical (unpaired) electrons. The van der Waals surface area contributed by atoms with Crippen LogP contribution in [0.15, 0.2) is 42.5 Å². The van der Waals surface area contributed by atoms with Gasteiger partial charge in [0.1, 0.15) is 18.7 Å². The molecular formula is C24H32N2O4S2. The second-order valence-corrected chi connectivity index (χ2v) is 8.65. The SMILES string of the molecule is CC(C)C[C@H](NC(=O)c1ccc2ccccc2c1)C(=O)N1CCC[C@H]2OCC(=O)[C@H]21.S.S. The number of carbonyl (C=O) groups is 3. The van der Waals surface area contributed by atoms with Crippen molar-refractivity contribution in [2.75, 3.05) is 13.2 Å². The first kappa shape index (κ1) is 26.2. The Morgan fingerprint density at radius 2 is 1.84 bits per heavy atom. The standard InChI is InChI=1S/C24H28N2O4.2H2S/c1-15(2)12-19(24(29)26-11-5-8-21-22(26)20(27)14-30-21)25-23(28)18-10-9-16-6-3-4-7-17(16)13-18;;/h3-4,6-7,9-10,13,15,19,21-22H,5,8,11-12,14H2,1-2H3,(H,25,28);2*1H2/t19-,21+,22+;;/m0../s1. The van der Waals surface area contributed by atoms with Crippen molar-refractivity contribution in [2.24, 2.45) is 5.92 Å². The quantitative estimate of drug-likeness (QED) is 0.719. The molecule has 2 amide bonds. The molecule has 3 atom stereocenters. The summed E-state index contributed by atoms with van der Waals surface area (Å²) in [6.07, 6.45) is 1.89. The van der Waals surface area contributed by atoms with E-state index in [1.165, 1.54) is 0 Å². The molecule has 8 heteroatoms. The fourth-order valence-corrected chi connectivity index (χ4v) is 4.50. The summed E-state index contributed by atoms with van der Waals surface area (Å²) in [7, 11) is 0. The number of likely N-dealkylation sites (tertiary alicyclic amines) is 1. The Kier molecular flexibility index (Phi) is 9.18. The van der Waals surface area contributed by atoms with Crippen LogP contribution in [-0.4, -0.2) is 53.8 Å². The molecule has 0 unspecified atom stereocenters. The van der Waals surface area contributed by atoms with Crippen LogP contribution in [0.25, 0.3) is 10.8 Å². The molecule has 6 nitrogen and oxygen atoms in total. The number of ether oxygens (including phenoxy) is 1. The lowest BCUT2D eigenvalue weighted by atomic mass is 9.95. The minimum absolute atomic E-state index is 0. The topological polar surface area (TPSA) is 75.7 Å². The number of amides is 2. The van der Waals surface area contributed by atoms with Gasteiger partial charge in [-0.1, -0.05) is 44.2 Å². The number of hydrogen-bond acceptors (Lipinski definition) is 4. The number of benzene rings is 2. The van der Waals surface area contributed by atoms with Crippen LogP contribution in [0.4, 0.5) is 0 Å². The number of hydrogen-bond donors (Lipinski definition) is 1. The van der Waals surface area contributed by atoms with E-state index in [9.17, 15) is 14.4 Å². The third kappa shape index (κ3) is 5.47. The van der Waals surface area contributed by atoms with E-state index in [0.717, 1.165) is 23.6 Å². The molecule has 2 aromatic rings. The lowest BCUT2D eigenvalue weighted by Crippen LogP contribution is -2.58. The maximum absolute atomic E-state index is 13.4. The molecule has 2 fully saturated rings. The summed E-state index contributed by atoms with van der Waals surface area (Å²) >= 11 is 0. The van der Waals surface area contributed by atoms with Crippen LogP contribution in [0, 0.1) is 5.92 Å². The number of nitrogens with one attached hydrogen (secondary N) is 1. The number of rotatable bonds is 5. The Bertz CT molecular complexity index is 981. The predicted octanol–water partition coefficient (Wildman–Crippen LogP) is 3.17. The van der Waals surface area contributed by atoms with E-state index in [2.05, 4.69) is 5.32 Å². The predicted molar refractivity (Wildman–Crippen MR) is 135 cm³/mol. The van der Waals surface area contributed by atoms with Gasteiger partial charge in [0.05, 0.1) is 6.10 Å². The second kappa shape index (κ2) is 11.2. The van der Waals surface area contributed by atoms with Gasteiger partial charge in [0, 0.05) is 12.1 Å². The van der Waals surface area contributed by atoms with E-state index < -0.39 is 12.1 Å². The van der Waals surface area contributed by atoms with Crippen molar-refractivity contribution in [1.82, 2.24) is 10.2 Å². The summed E-state index contributed by atoms with van der Waals surface area (Å²) in [5, 5.41) is 4.97. The van der Waals surface area contributed by atoms with Gasteiger partial charge in [-0.2, -0.15) is 27.0 Å². The third-order valence-corrected chi connectivity index (χ3v) is 5.95. The van der Waals surface area contributed by atoms with Gasteiger partial charge in [-0.3, -0.25) is 14.4 Å². The molecule has 2 heterocycles. The van der Waals surface area contributed by atoms with Crippen LogP contribution >= 0.6 is 27.0 Å². The third-order valence-electron chi connectivity index (χ3n) is 5.95. The summed E-state index contributed by atoms with van der Waals surface area (Å²) in [5.41, 5.74) is 0.520. The van der Waals surface area contributed by atoms with Crippen molar-refractivity contribution in [3.8, 4) is 0 Å². The molecule has 2 aromatic carbocycles. The van der Waals surface area contributed by atoms with Gasteiger partial charge in [-0.25, -0.2) is 0 Å². The van der Waals surface area contributed by atoms with E-state index in [1.807, 2.05) is 50.2 Å². The molecule has 0 aliphatic carbocycles. The monoisotopic (exact) mass is 476 g/mol. The molecule has 0 bridgehead atoms. The van der Waals surface area contributed by atoms with Gasteiger partial charge in [0.2, 0.25) is 5.91 Å². The molecular weight excluding hydrogens is 444 g/mol. The first-order valence-corrected chi connectivity index (χ1v) is 10.7. The molecule has 0 saturated carbocycles. The average Bonchev–Trinajstić information content (AvgIpc) is 3.13. The molecule has 0 spiro atoms.